The van der Waals surface area contributed by atoms with E-state index < -0.39 is 0 Å². The minimum Gasteiger partial charge on any atom is -0.371 e. The number of anilines is 1. The van der Waals surface area contributed by atoms with Gasteiger partial charge in [-0.25, -0.2) is 0 Å². The van der Waals surface area contributed by atoms with Crippen molar-refractivity contribution in [3.63, 3.8) is 0 Å². The Balaban J connectivity index is 2.35. The molecular formula is C13H19N. The second kappa shape index (κ2) is 3.01. The van der Waals surface area contributed by atoms with Gasteiger partial charge in [-0.1, -0.05) is 39.0 Å². The summed E-state index contributed by atoms with van der Waals surface area (Å²) in [5.74, 6) is 0. The van der Waals surface area contributed by atoms with E-state index in [9.17, 15) is 0 Å². The predicted octanol–water partition coefficient (Wildman–Crippen LogP) is 3.09. The summed E-state index contributed by atoms with van der Waals surface area (Å²) < 4.78 is 0. The average molecular weight is 189 g/mol. The van der Waals surface area contributed by atoms with Crippen molar-refractivity contribution in [1.29, 1.82) is 0 Å². The molecule has 1 heterocycles. The summed E-state index contributed by atoms with van der Waals surface area (Å²) in [6, 6.07) is 9.37. The molecule has 0 unspecified atom stereocenters. The molecule has 1 aromatic rings. The summed E-state index contributed by atoms with van der Waals surface area (Å²) >= 11 is 0. The Kier molecular flexibility index (Phi) is 2.06. The Morgan fingerprint density at radius 1 is 1.21 bits per heavy atom. The molecule has 0 bridgehead atoms. The van der Waals surface area contributed by atoms with Gasteiger partial charge in [0.05, 0.1) is 0 Å². The Morgan fingerprint density at radius 2 is 1.86 bits per heavy atom. The summed E-state index contributed by atoms with van der Waals surface area (Å²) in [4.78, 5) is 2.43. The molecule has 0 amide bonds. The number of hydrogen-bond donors (Lipinski definition) is 0. The van der Waals surface area contributed by atoms with Crippen LogP contribution in [0, 0.1) is 5.41 Å². The summed E-state index contributed by atoms with van der Waals surface area (Å²) in [5.41, 5.74) is 3.26. The van der Waals surface area contributed by atoms with Crippen LogP contribution in [-0.4, -0.2) is 13.1 Å². The zero-order valence-electron chi connectivity index (χ0n) is 9.54. The number of nitrogens with zero attached hydrogens (tertiary/aromatic N) is 1. The smallest absolute Gasteiger partial charge is 0.0399 e. The third kappa shape index (κ3) is 1.41. The van der Waals surface area contributed by atoms with Crippen LogP contribution < -0.4 is 4.90 Å². The molecule has 1 aromatic carbocycles. The summed E-state index contributed by atoms with van der Waals surface area (Å²) in [6.07, 6.45) is 1.19. The summed E-state index contributed by atoms with van der Waals surface area (Å²) in [5, 5.41) is 0. The van der Waals surface area contributed by atoms with E-state index in [-0.39, 0.29) is 0 Å². The topological polar surface area (TPSA) is 3.24 Å². The van der Waals surface area contributed by atoms with Gasteiger partial charge in [0.2, 0.25) is 0 Å². The van der Waals surface area contributed by atoms with Crippen molar-refractivity contribution in [3.05, 3.63) is 29.8 Å². The number of hydrogen-bond acceptors (Lipinski definition) is 1. The number of fused-ring (bicyclic) bond motifs is 1. The fourth-order valence-electron chi connectivity index (χ4n) is 2.43. The summed E-state index contributed by atoms with van der Waals surface area (Å²) in [6.45, 7) is 6.96. The van der Waals surface area contributed by atoms with Crippen LogP contribution in [-0.2, 0) is 6.42 Å². The second-order valence-electron chi connectivity index (χ2n) is 5.33. The molecule has 0 radical (unpaired) electrons. The SMILES string of the molecule is CN1c2ccccc2C[C@@H]1C(C)(C)C. The van der Waals surface area contributed by atoms with Crippen LogP contribution in [0.15, 0.2) is 24.3 Å². The maximum atomic E-state index is 2.43. The summed E-state index contributed by atoms with van der Waals surface area (Å²) in [7, 11) is 2.21. The van der Waals surface area contributed by atoms with E-state index in [1.165, 1.54) is 17.7 Å². The van der Waals surface area contributed by atoms with E-state index in [0.29, 0.717) is 11.5 Å². The molecule has 76 valence electrons. The van der Waals surface area contributed by atoms with Crippen molar-refractivity contribution >= 4 is 5.69 Å². The first kappa shape index (κ1) is 9.57. The molecule has 0 N–H and O–H groups in total. The number of para-hydroxylation sites is 1. The zero-order chi connectivity index (χ0) is 10.3. The molecule has 1 aliphatic heterocycles. The van der Waals surface area contributed by atoms with Gasteiger partial charge in [-0.3, -0.25) is 0 Å². The second-order valence-corrected chi connectivity index (χ2v) is 5.33. The van der Waals surface area contributed by atoms with E-state index in [2.05, 4.69) is 57.0 Å². The molecule has 0 aliphatic carbocycles. The monoisotopic (exact) mass is 189 g/mol. The van der Waals surface area contributed by atoms with Crippen LogP contribution >= 0.6 is 0 Å². The van der Waals surface area contributed by atoms with E-state index >= 15 is 0 Å². The van der Waals surface area contributed by atoms with E-state index in [1.807, 2.05) is 0 Å². The Morgan fingerprint density at radius 3 is 2.43 bits per heavy atom. The number of rotatable bonds is 0. The Bertz CT molecular complexity index is 335. The number of benzene rings is 1. The maximum absolute atomic E-state index is 2.43. The average Bonchev–Trinajstić information content (AvgIpc) is 2.44. The highest BCUT2D eigenvalue weighted by atomic mass is 15.2. The fourth-order valence-corrected chi connectivity index (χ4v) is 2.43. The zero-order valence-corrected chi connectivity index (χ0v) is 9.54. The first-order valence-corrected chi connectivity index (χ1v) is 5.31. The van der Waals surface area contributed by atoms with Crippen LogP contribution in [0.2, 0.25) is 0 Å². The normalized spacial score (nSPS) is 21.1. The van der Waals surface area contributed by atoms with E-state index in [4.69, 9.17) is 0 Å². The lowest BCUT2D eigenvalue weighted by molar-refractivity contribution is 0.320. The van der Waals surface area contributed by atoms with Gasteiger partial charge in [0.15, 0.2) is 0 Å². The van der Waals surface area contributed by atoms with Gasteiger partial charge in [-0.2, -0.15) is 0 Å². The first-order chi connectivity index (χ1) is 6.50. The molecule has 1 aliphatic rings. The Labute approximate surface area is 86.7 Å². The van der Waals surface area contributed by atoms with Crippen LogP contribution in [0.1, 0.15) is 26.3 Å². The first-order valence-electron chi connectivity index (χ1n) is 5.31. The maximum Gasteiger partial charge on any atom is 0.0399 e. The van der Waals surface area contributed by atoms with Crippen LogP contribution in [0.4, 0.5) is 5.69 Å². The molecule has 1 atom stereocenters. The van der Waals surface area contributed by atoms with Gasteiger partial charge in [0.1, 0.15) is 0 Å². The molecule has 0 fully saturated rings. The molecule has 0 spiro atoms. The molecule has 1 heteroatoms. The van der Waals surface area contributed by atoms with Crippen LogP contribution in [0.3, 0.4) is 0 Å². The third-order valence-electron chi connectivity index (χ3n) is 3.25. The van der Waals surface area contributed by atoms with Crippen molar-refractivity contribution in [1.82, 2.24) is 0 Å². The van der Waals surface area contributed by atoms with Gasteiger partial charge >= 0.3 is 0 Å². The highest BCUT2D eigenvalue weighted by Gasteiger charge is 2.34. The lowest BCUT2D eigenvalue weighted by atomic mass is 9.84. The van der Waals surface area contributed by atoms with Gasteiger partial charge in [-0.05, 0) is 23.5 Å². The number of likely N-dealkylation sites (N-methyl/N-ethyl adjacent to an activating group) is 1. The minimum absolute atomic E-state index is 0.355. The molecule has 1 nitrogen and oxygen atoms in total. The van der Waals surface area contributed by atoms with Gasteiger partial charge < -0.3 is 4.90 Å². The molecule has 0 saturated carbocycles. The third-order valence-corrected chi connectivity index (χ3v) is 3.25. The lowest BCUT2D eigenvalue weighted by Crippen LogP contribution is -2.39. The van der Waals surface area contributed by atoms with Crippen molar-refractivity contribution in [3.8, 4) is 0 Å². The largest absolute Gasteiger partial charge is 0.371 e. The van der Waals surface area contributed by atoms with Gasteiger partial charge in [0.25, 0.3) is 0 Å². The Hall–Kier alpha value is -0.980. The lowest BCUT2D eigenvalue weighted by Gasteiger charge is -2.34. The highest BCUT2D eigenvalue weighted by Crippen LogP contribution is 2.38. The minimum atomic E-state index is 0.355. The van der Waals surface area contributed by atoms with Gasteiger partial charge in [-0.15, -0.1) is 0 Å². The standard InChI is InChI=1S/C13H19N/c1-13(2,3)12-9-10-7-5-6-8-11(10)14(12)4/h5-8,12H,9H2,1-4H3/t12-/m1/s1. The van der Waals surface area contributed by atoms with Crippen molar-refractivity contribution in [2.24, 2.45) is 5.41 Å². The quantitative estimate of drug-likeness (QED) is 0.606. The van der Waals surface area contributed by atoms with E-state index in [0.717, 1.165) is 0 Å². The highest BCUT2D eigenvalue weighted by molar-refractivity contribution is 5.59. The van der Waals surface area contributed by atoms with Crippen LogP contribution in [0.5, 0.6) is 0 Å². The fraction of sp³-hybridized carbons (Fsp3) is 0.538. The molecule has 2 rings (SSSR count). The van der Waals surface area contributed by atoms with Crippen molar-refractivity contribution in [2.45, 2.75) is 33.2 Å². The molecule has 0 aromatic heterocycles. The van der Waals surface area contributed by atoms with Crippen LogP contribution in [0.25, 0.3) is 0 Å². The van der Waals surface area contributed by atoms with Crippen molar-refractivity contribution in [2.75, 3.05) is 11.9 Å². The molecule has 0 saturated heterocycles. The predicted molar refractivity (Wildman–Crippen MR) is 61.8 cm³/mol. The van der Waals surface area contributed by atoms with Crippen molar-refractivity contribution < 1.29 is 0 Å². The van der Waals surface area contributed by atoms with E-state index in [1.54, 1.807) is 0 Å². The molecule has 14 heavy (non-hydrogen) atoms. The molecular weight excluding hydrogens is 170 g/mol. The van der Waals surface area contributed by atoms with Gasteiger partial charge in [0, 0.05) is 18.8 Å².